The van der Waals surface area contributed by atoms with Crippen molar-refractivity contribution in [3.63, 3.8) is 0 Å². The molecule has 2 aromatic carbocycles. The van der Waals surface area contributed by atoms with Crippen LogP contribution in [0.1, 0.15) is 38.7 Å². The second-order valence-corrected chi connectivity index (χ2v) is 8.02. The Bertz CT molecular complexity index is 1050. The van der Waals surface area contributed by atoms with Crippen molar-refractivity contribution in [1.29, 1.82) is 0 Å². The zero-order chi connectivity index (χ0) is 21.6. The van der Waals surface area contributed by atoms with Gasteiger partial charge in [-0.25, -0.2) is 9.97 Å². The maximum atomic E-state index is 13.0. The van der Waals surface area contributed by atoms with Crippen molar-refractivity contribution in [3.8, 4) is 5.88 Å². The molecule has 0 bridgehead atoms. The predicted octanol–water partition coefficient (Wildman–Crippen LogP) is 4.84. The molecule has 0 aliphatic carbocycles. The van der Waals surface area contributed by atoms with Gasteiger partial charge in [0, 0.05) is 18.8 Å². The average Bonchev–Trinajstić information content (AvgIpc) is 2.82. The number of nitrogens with one attached hydrogen (secondary N) is 1. The Kier molecular flexibility index (Phi) is 6.65. The minimum atomic E-state index is -0.105. The summed E-state index contributed by atoms with van der Waals surface area (Å²) in [5, 5.41) is 3.10. The van der Waals surface area contributed by atoms with Gasteiger partial charge in [0.2, 0.25) is 5.91 Å². The number of carbonyl (C=O) groups is 1. The van der Waals surface area contributed by atoms with Crippen molar-refractivity contribution < 1.29 is 9.53 Å². The van der Waals surface area contributed by atoms with Gasteiger partial charge in [0.1, 0.15) is 0 Å². The number of aromatic nitrogens is 2. The number of amides is 1. The maximum Gasteiger partial charge on any atom is 0.258 e. The first kappa shape index (κ1) is 21.1. The molecule has 31 heavy (non-hydrogen) atoms. The molecule has 1 amide bonds. The molecule has 1 aromatic heterocycles. The number of para-hydroxylation sites is 2. The molecule has 1 fully saturated rings. The highest BCUT2D eigenvalue weighted by Gasteiger charge is 2.29. The molecule has 1 atom stereocenters. The first-order valence-corrected chi connectivity index (χ1v) is 11.2. The van der Waals surface area contributed by atoms with E-state index in [-0.39, 0.29) is 11.8 Å². The van der Waals surface area contributed by atoms with Gasteiger partial charge in [-0.2, -0.15) is 0 Å². The Labute approximate surface area is 183 Å². The van der Waals surface area contributed by atoms with Gasteiger partial charge in [-0.15, -0.1) is 0 Å². The molecule has 1 aliphatic rings. The lowest BCUT2D eigenvalue weighted by atomic mass is 9.97. The van der Waals surface area contributed by atoms with Gasteiger partial charge in [0.15, 0.2) is 5.82 Å². The van der Waals surface area contributed by atoms with Crippen LogP contribution in [0.4, 0.5) is 11.5 Å². The van der Waals surface area contributed by atoms with E-state index < -0.39 is 0 Å². The molecule has 0 radical (unpaired) electrons. The van der Waals surface area contributed by atoms with Gasteiger partial charge in [-0.1, -0.05) is 38.1 Å². The van der Waals surface area contributed by atoms with E-state index in [2.05, 4.69) is 30.1 Å². The minimum Gasteiger partial charge on any atom is -0.475 e. The lowest BCUT2D eigenvalue weighted by Crippen LogP contribution is -2.41. The summed E-state index contributed by atoms with van der Waals surface area (Å²) in [5.41, 5.74) is 3.73. The first-order valence-electron chi connectivity index (χ1n) is 11.2. The van der Waals surface area contributed by atoms with Crippen LogP contribution >= 0.6 is 0 Å². The monoisotopic (exact) mass is 418 g/mol. The number of piperidine rings is 1. The molecule has 1 N–H and O–H groups in total. The zero-order valence-electron chi connectivity index (χ0n) is 18.3. The normalized spacial score (nSPS) is 16.3. The van der Waals surface area contributed by atoms with Gasteiger partial charge in [0.25, 0.3) is 5.88 Å². The topological polar surface area (TPSA) is 67.4 Å². The summed E-state index contributed by atoms with van der Waals surface area (Å²) >= 11 is 0. The fourth-order valence-corrected chi connectivity index (χ4v) is 3.97. The second-order valence-electron chi connectivity index (χ2n) is 8.02. The van der Waals surface area contributed by atoms with Crippen LogP contribution in [0.15, 0.2) is 48.5 Å². The van der Waals surface area contributed by atoms with Crippen LogP contribution in [-0.2, 0) is 11.2 Å². The maximum absolute atomic E-state index is 13.0. The number of aryl methyl sites for hydroxylation is 1. The van der Waals surface area contributed by atoms with E-state index in [0.29, 0.717) is 19.0 Å². The van der Waals surface area contributed by atoms with Crippen molar-refractivity contribution in [1.82, 2.24) is 9.97 Å². The van der Waals surface area contributed by atoms with E-state index in [0.717, 1.165) is 54.8 Å². The largest absolute Gasteiger partial charge is 0.475 e. The van der Waals surface area contributed by atoms with E-state index >= 15 is 0 Å². The second kappa shape index (κ2) is 9.77. The molecule has 4 rings (SSSR count). The van der Waals surface area contributed by atoms with Gasteiger partial charge >= 0.3 is 0 Å². The lowest BCUT2D eigenvalue weighted by Gasteiger charge is -2.33. The Balaban J connectivity index is 1.54. The summed E-state index contributed by atoms with van der Waals surface area (Å²) in [6, 6.07) is 15.9. The highest BCUT2D eigenvalue weighted by Crippen LogP contribution is 2.31. The van der Waals surface area contributed by atoms with Crippen molar-refractivity contribution in [2.45, 2.75) is 39.5 Å². The number of hydrogen-bond donors (Lipinski definition) is 1. The van der Waals surface area contributed by atoms with Crippen molar-refractivity contribution >= 4 is 28.4 Å². The molecule has 6 nitrogen and oxygen atoms in total. The molecule has 1 saturated heterocycles. The van der Waals surface area contributed by atoms with Crippen molar-refractivity contribution in [2.75, 3.05) is 29.9 Å². The highest BCUT2D eigenvalue weighted by molar-refractivity contribution is 5.93. The minimum absolute atomic E-state index is 0.0581. The van der Waals surface area contributed by atoms with Crippen LogP contribution in [0.3, 0.4) is 0 Å². The number of fused-ring (bicyclic) bond motifs is 1. The van der Waals surface area contributed by atoms with E-state index in [1.165, 1.54) is 5.56 Å². The van der Waals surface area contributed by atoms with E-state index in [9.17, 15) is 4.79 Å². The molecule has 2 heterocycles. The number of benzene rings is 2. The Morgan fingerprint density at radius 3 is 2.71 bits per heavy atom. The molecule has 0 saturated carbocycles. The summed E-state index contributed by atoms with van der Waals surface area (Å²) in [5.74, 6) is 1.24. The molecule has 6 heteroatoms. The SMILES string of the molecule is CCCOc1nc2ccccc2nc1N1CCCC(C(=O)Nc2cccc(CC)c2)C1. The standard InChI is InChI=1S/C25H30N4O2/c1-3-15-31-25-23(27-21-12-5-6-13-22(21)28-25)29-14-8-10-19(17-29)24(30)26-20-11-7-9-18(4-2)16-20/h5-7,9,11-13,16,19H,3-4,8,10,14-15,17H2,1-2H3,(H,26,30). The van der Waals surface area contributed by atoms with Gasteiger partial charge in [-0.3, -0.25) is 4.79 Å². The van der Waals surface area contributed by atoms with Gasteiger partial charge < -0.3 is 15.0 Å². The summed E-state index contributed by atoms with van der Waals surface area (Å²) in [7, 11) is 0. The van der Waals surface area contributed by atoms with Crippen LogP contribution in [0.5, 0.6) is 5.88 Å². The number of anilines is 2. The van der Waals surface area contributed by atoms with Crippen LogP contribution in [0, 0.1) is 5.92 Å². The Morgan fingerprint density at radius 2 is 1.94 bits per heavy atom. The molecular weight excluding hydrogens is 388 g/mol. The number of carbonyl (C=O) groups excluding carboxylic acids is 1. The van der Waals surface area contributed by atoms with E-state index in [1.807, 2.05) is 42.5 Å². The molecule has 162 valence electrons. The Hall–Kier alpha value is -3.15. The summed E-state index contributed by atoms with van der Waals surface area (Å²) in [6.07, 6.45) is 3.63. The zero-order valence-corrected chi connectivity index (χ0v) is 18.3. The molecular formula is C25H30N4O2. The number of hydrogen-bond acceptors (Lipinski definition) is 5. The third-order valence-corrected chi connectivity index (χ3v) is 5.66. The van der Waals surface area contributed by atoms with Crippen molar-refractivity contribution in [3.05, 3.63) is 54.1 Å². The van der Waals surface area contributed by atoms with Crippen LogP contribution in [0.25, 0.3) is 11.0 Å². The average molecular weight is 419 g/mol. The lowest BCUT2D eigenvalue weighted by molar-refractivity contribution is -0.120. The summed E-state index contributed by atoms with van der Waals surface area (Å²) in [4.78, 5) is 24.7. The summed E-state index contributed by atoms with van der Waals surface area (Å²) in [6.45, 7) is 6.22. The Morgan fingerprint density at radius 1 is 1.13 bits per heavy atom. The van der Waals surface area contributed by atoms with Gasteiger partial charge in [-0.05, 0) is 55.5 Å². The fraction of sp³-hybridized carbons (Fsp3) is 0.400. The van der Waals surface area contributed by atoms with E-state index in [4.69, 9.17) is 14.7 Å². The van der Waals surface area contributed by atoms with Crippen LogP contribution < -0.4 is 15.0 Å². The number of nitrogens with zero attached hydrogens (tertiary/aromatic N) is 3. The number of rotatable bonds is 7. The van der Waals surface area contributed by atoms with Crippen LogP contribution in [-0.4, -0.2) is 35.6 Å². The van der Waals surface area contributed by atoms with Gasteiger partial charge in [0.05, 0.1) is 23.6 Å². The molecule has 0 spiro atoms. The van der Waals surface area contributed by atoms with Crippen LogP contribution in [0.2, 0.25) is 0 Å². The summed E-state index contributed by atoms with van der Waals surface area (Å²) < 4.78 is 5.95. The van der Waals surface area contributed by atoms with Crippen molar-refractivity contribution in [2.24, 2.45) is 5.92 Å². The quantitative estimate of drug-likeness (QED) is 0.595. The number of ether oxygens (including phenoxy) is 1. The third-order valence-electron chi connectivity index (χ3n) is 5.66. The predicted molar refractivity (Wildman–Crippen MR) is 125 cm³/mol. The molecule has 1 unspecified atom stereocenters. The molecule has 3 aromatic rings. The first-order chi connectivity index (χ1) is 15.2. The smallest absolute Gasteiger partial charge is 0.258 e. The third kappa shape index (κ3) is 4.95. The molecule has 1 aliphatic heterocycles. The highest BCUT2D eigenvalue weighted by atomic mass is 16.5. The fourth-order valence-electron chi connectivity index (χ4n) is 3.97. The van der Waals surface area contributed by atoms with E-state index in [1.54, 1.807) is 0 Å².